The van der Waals surface area contributed by atoms with Crippen LogP contribution in [0.15, 0.2) is 9.32 Å². The van der Waals surface area contributed by atoms with Gasteiger partial charge in [0.05, 0.1) is 0 Å². The van der Waals surface area contributed by atoms with Gasteiger partial charge in [0, 0.05) is 11.5 Å². The monoisotopic (exact) mass is 277 g/mol. The summed E-state index contributed by atoms with van der Waals surface area (Å²) >= 11 is 0. The highest BCUT2D eigenvalue weighted by atomic mass is 16.5. The van der Waals surface area contributed by atoms with Crippen molar-refractivity contribution in [2.75, 3.05) is 0 Å². The highest BCUT2D eigenvalue weighted by Gasteiger charge is 2.27. The predicted molar refractivity (Wildman–Crippen MR) is 79.2 cm³/mol. The fourth-order valence-electron chi connectivity index (χ4n) is 2.37. The molecule has 0 saturated heterocycles. The number of nitrogens with zero attached hydrogens (tertiary/aromatic N) is 3. The largest absolute Gasteiger partial charge is 0.335 e. The summed E-state index contributed by atoms with van der Waals surface area (Å²) in [5.74, 6) is 1.00. The third-order valence-corrected chi connectivity index (χ3v) is 3.30. The maximum Gasteiger partial charge on any atom is 0.267 e. The van der Waals surface area contributed by atoms with Crippen LogP contribution in [0, 0.1) is 0 Å². The van der Waals surface area contributed by atoms with Crippen molar-refractivity contribution in [3.8, 4) is 0 Å². The van der Waals surface area contributed by atoms with Crippen molar-refractivity contribution in [2.24, 2.45) is 0 Å². The van der Waals surface area contributed by atoms with E-state index in [1.165, 1.54) is 0 Å². The molecule has 0 N–H and O–H groups in total. The van der Waals surface area contributed by atoms with E-state index in [2.05, 4.69) is 10.1 Å². The van der Waals surface area contributed by atoms with Crippen LogP contribution in [0.5, 0.6) is 0 Å². The summed E-state index contributed by atoms with van der Waals surface area (Å²) in [6.07, 6.45) is 0. The van der Waals surface area contributed by atoms with E-state index in [1.807, 2.05) is 48.5 Å². The molecule has 0 radical (unpaired) electrons. The van der Waals surface area contributed by atoms with Crippen molar-refractivity contribution in [1.82, 2.24) is 14.7 Å². The summed E-state index contributed by atoms with van der Waals surface area (Å²) in [5, 5.41) is 4.54. The SMILES string of the molecule is CC(C)c1noc2nc(C(C)C)n(C(C)(C)C)c(=O)c12. The smallest absolute Gasteiger partial charge is 0.267 e. The molecule has 110 valence electrons. The Labute approximate surface area is 119 Å². The minimum Gasteiger partial charge on any atom is -0.335 e. The molecule has 0 aliphatic carbocycles. The van der Waals surface area contributed by atoms with E-state index in [0.717, 1.165) is 5.82 Å². The molecule has 0 fully saturated rings. The molecule has 0 aliphatic rings. The lowest BCUT2D eigenvalue weighted by atomic mass is 10.0. The molecule has 20 heavy (non-hydrogen) atoms. The van der Waals surface area contributed by atoms with E-state index >= 15 is 0 Å². The van der Waals surface area contributed by atoms with Crippen LogP contribution in [-0.2, 0) is 5.54 Å². The lowest BCUT2D eigenvalue weighted by molar-refractivity contribution is 0.357. The normalized spacial score (nSPS) is 12.8. The van der Waals surface area contributed by atoms with Gasteiger partial charge in [-0.25, -0.2) is 0 Å². The Morgan fingerprint density at radius 3 is 2.15 bits per heavy atom. The van der Waals surface area contributed by atoms with Crippen LogP contribution in [-0.4, -0.2) is 14.7 Å². The fourth-order valence-corrected chi connectivity index (χ4v) is 2.37. The zero-order valence-electron chi connectivity index (χ0n) is 13.3. The number of hydrogen-bond donors (Lipinski definition) is 0. The van der Waals surface area contributed by atoms with Crippen molar-refractivity contribution in [2.45, 2.75) is 65.8 Å². The maximum atomic E-state index is 12.9. The summed E-state index contributed by atoms with van der Waals surface area (Å²) in [4.78, 5) is 17.4. The molecular formula is C15H23N3O2. The first-order chi connectivity index (χ1) is 9.14. The van der Waals surface area contributed by atoms with Crippen LogP contribution in [0.1, 0.15) is 71.8 Å². The highest BCUT2D eigenvalue weighted by Crippen LogP contribution is 2.25. The molecule has 0 atom stereocenters. The summed E-state index contributed by atoms with van der Waals surface area (Å²) in [6.45, 7) is 14.1. The van der Waals surface area contributed by atoms with E-state index in [0.29, 0.717) is 16.8 Å². The van der Waals surface area contributed by atoms with Gasteiger partial charge in [0.2, 0.25) is 0 Å². The van der Waals surface area contributed by atoms with Gasteiger partial charge in [0.15, 0.2) is 0 Å². The second-order valence-electron chi connectivity index (χ2n) is 6.84. The molecule has 0 bridgehead atoms. The van der Waals surface area contributed by atoms with Crippen molar-refractivity contribution in [3.05, 3.63) is 21.9 Å². The van der Waals surface area contributed by atoms with Crippen LogP contribution < -0.4 is 5.56 Å². The minimum absolute atomic E-state index is 0.0591. The third-order valence-electron chi connectivity index (χ3n) is 3.30. The third kappa shape index (κ3) is 2.25. The molecule has 0 aromatic carbocycles. The van der Waals surface area contributed by atoms with E-state index in [1.54, 1.807) is 4.57 Å². The Balaban J connectivity index is 2.94. The Hall–Kier alpha value is -1.65. The van der Waals surface area contributed by atoms with Crippen LogP contribution in [0.4, 0.5) is 0 Å². The molecule has 2 heterocycles. The number of aromatic nitrogens is 3. The Bertz CT molecular complexity index is 687. The van der Waals surface area contributed by atoms with E-state index < -0.39 is 0 Å². The molecule has 0 amide bonds. The quantitative estimate of drug-likeness (QED) is 0.844. The first-order valence-corrected chi connectivity index (χ1v) is 7.07. The van der Waals surface area contributed by atoms with E-state index in [-0.39, 0.29) is 22.9 Å². The number of fused-ring (bicyclic) bond motifs is 1. The van der Waals surface area contributed by atoms with Crippen LogP contribution in [0.25, 0.3) is 11.1 Å². The Kier molecular flexibility index (Phi) is 3.48. The van der Waals surface area contributed by atoms with Gasteiger partial charge < -0.3 is 4.52 Å². The number of rotatable bonds is 2. The topological polar surface area (TPSA) is 60.9 Å². The van der Waals surface area contributed by atoms with Crippen LogP contribution >= 0.6 is 0 Å². The van der Waals surface area contributed by atoms with Gasteiger partial charge >= 0.3 is 0 Å². The van der Waals surface area contributed by atoms with E-state index in [4.69, 9.17) is 4.52 Å². The van der Waals surface area contributed by atoms with Gasteiger partial charge in [0.25, 0.3) is 11.3 Å². The Morgan fingerprint density at radius 1 is 1.10 bits per heavy atom. The second kappa shape index (κ2) is 4.72. The van der Waals surface area contributed by atoms with Crippen molar-refractivity contribution >= 4 is 11.1 Å². The molecule has 0 saturated carbocycles. The summed E-state index contributed by atoms with van der Waals surface area (Å²) in [6, 6.07) is 0. The summed E-state index contributed by atoms with van der Waals surface area (Å²) in [7, 11) is 0. The molecule has 0 aliphatic heterocycles. The lowest BCUT2D eigenvalue weighted by Crippen LogP contribution is -2.37. The van der Waals surface area contributed by atoms with Crippen molar-refractivity contribution in [3.63, 3.8) is 0 Å². The van der Waals surface area contributed by atoms with Gasteiger partial charge in [-0.2, -0.15) is 4.98 Å². The summed E-state index contributed by atoms with van der Waals surface area (Å²) < 4.78 is 7.04. The first kappa shape index (κ1) is 14.8. The zero-order valence-corrected chi connectivity index (χ0v) is 13.3. The van der Waals surface area contributed by atoms with Gasteiger partial charge in [0.1, 0.15) is 16.9 Å². The van der Waals surface area contributed by atoms with Gasteiger partial charge in [-0.05, 0) is 26.7 Å². The highest BCUT2D eigenvalue weighted by molar-refractivity contribution is 5.75. The standard InChI is InChI=1S/C15H23N3O2/c1-8(2)11-10-13(20-17-11)16-12(9(3)4)18(14(10)19)15(5,6)7/h8-9H,1-7H3. The van der Waals surface area contributed by atoms with Crippen molar-refractivity contribution in [1.29, 1.82) is 0 Å². The van der Waals surface area contributed by atoms with Gasteiger partial charge in [-0.1, -0.05) is 32.9 Å². The van der Waals surface area contributed by atoms with Crippen LogP contribution in [0.3, 0.4) is 0 Å². The first-order valence-electron chi connectivity index (χ1n) is 7.07. The molecule has 5 nitrogen and oxygen atoms in total. The van der Waals surface area contributed by atoms with Crippen LogP contribution in [0.2, 0.25) is 0 Å². The van der Waals surface area contributed by atoms with Gasteiger partial charge in [-0.15, -0.1) is 0 Å². The molecule has 2 rings (SSSR count). The average Bonchev–Trinajstić information content (AvgIpc) is 2.70. The Morgan fingerprint density at radius 2 is 1.70 bits per heavy atom. The fraction of sp³-hybridized carbons (Fsp3) is 0.667. The molecule has 0 spiro atoms. The average molecular weight is 277 g/mol. The van der Waals surface area contributed by atoms with Crippen molar-refractivity contribution < 1.29 is 4.52 Å². The zero-order chi connectivity index (χ0) is 15.2. The molecule has 5 heteroatoms. The number of hydrogen-bond acceptors (Lipinski definition) is 4. The molecule has 2 aromatic rings. The predicted octanol–water partition coefficient (Wildman–Crippen LogP) is 3.39. The molecule has 2 aromatic heterocycles. The van der Waals surface area contributed by atoms with Gasteiger partial charge in [-0.3, -0.25) is 9.36 Å². The minimum atomic E-state index is -0.330. The second-order valence-corrected chi connectivity index (χ2v) is 6.84. The molecular weight excluding hydrogens is 254 g/mol. The summed E-state index contributed by atoms with van der Waals surface area (Å²) in [5.41, 5.74) is 0.647. The molecule has 0 unspecified atom stereocenters. The maximum absolute atomic E-state index is 12.9. The van der Waals surface area contributed by atoms with E-state index in [9.17, 15) is 4.79 Å². The lowest BCUT2D eigenvalue weighted by Gasteiger charge is -2.26.